The average Bonchev–Trinajstić information content (AvgIpc) is 2.68. The van der Waals surface area contributed by atoms with Gasteiger partial charge in [-0.15, -0.1) is 0 Å². The van der Waals surface area contributed by atoms with Crippen molar-refractivity contribution in [2.24, 2.45) is 11.8 Å². The molecular formula is C24H32N2O2. The fraction of sp³-hybridized carbons (Fsp3) is 0.417. The second-order valence-electron chi connectivity index (χ2n) is 7.89. The van der Waals surface area contributed by atoms with E-state index in [1.807, 2.05) is 74.5 Å². The Balaban J connectivity index is 2.36. The van der Waals surface area contributed by atoms with Crippen LogP contribution in [0, 0.1) is 11.8 Å². The zero-order chi connectivity index (χ0) is 20.5. The number of nitrogens with zero attached hydrogens (tertiary/aromatic N) is 1. The standard InChI is InChI=1S/C24H32N2O2/c1-18(2)15-16-25-23(27)22(21-13-9-6-10-14-21)26(24(28)19(3)4)17-20-11-7-5-8-12-20/h5-14,18-19,22H,15-17H2,1-4H3,(H,25,27)/t22-/m1/s1. The van der Waals surface area contributed by atoms with Crippen LogP contribution in [0.2, 0.25) is 0 Å². The first kappa shape index (κ1) is 21.7. The van der Waals surface area contributed by atoms with Crippen LogP contribution in [0.1, 0.15) is 51.3 Å². The highest BCUT2D eigenvalue weighted by atomic mass is 16.2. The molecule has 0 heterocycles. The van der Waals surface area contributed by atoms with E-state index in [1.54, 1.807) is 4.90 Å². The molecule has 4 nitrogen and oxygen atoms in total. The maximum atomic E-state index is 13.2. The van der Waals surface area contributed by atoms with Crippen LogP contribution in [0.4, 0.5) is 0 Å². The van der Waals surface area contributed by atoms with Crippen molar-refractivity contribution in [2.45, 2.75) is 46.7 Å². The molecule has 1 N–H and O–H groups in total. The number of carbonyl (C=O) groups is 2. The minimum Gasteiger partial charge on any atom is -0.354 e. The Morgan fingerprint density at radius 1 is 0.893 bits per heavy atom. The number of hydrogen-bond donors (Lipinski definition) is 1. The van der Waals surface area contributed by atoms with Gasteiger partial charge in [0.05, 0.1) is 0 Å². The van der Waals surface area contributed by atoms with E-state index in [4.69, 9.17) is 0 Å². The largest absolute Gasteiger partial charge is 0.354 e. The Bertz CT molecular complexity index is 742. The molecule has 0 aliphatic rings. The van der Waals surface area contributed by atoms with E-state index in [-0.39, 0.29) is 17.7 Å². The van der Waals surface area contributed by atoms with Crippen LogP contribution in [-0.4, -0.2) is 23.3 Å². The number of amides is 2. The Hall–Kier alpha value is -2.62. The molecule has 2 rings (SSSR count). The predicted octanol–water partition coefficient (Wildman–Crippen LogP) is 4.57. The molecule has 0 fully saturated rings. The van der Waals surface area contributed by atoms with Crippen LogP contribution < -0.4 is 5.32 Å². The summed E-state index contributed by atoms with van der Waals surface area (Å²) in [6, 6.07) is 18.7. The summed E-state index contributed by atoms with van der Waals surface area (Å²) >= 11 is 0. The van der Waals surface area contributed by atoms with Crippen molar-refractivity contribution >= 4 is 11.8 Å². The third-order valence-electron chi connectivity index (χ3n) is 4.67. The first-order valence-electron chi connectivity index (χ1n) is 10.1. The van der Waals surface area contributed by atoms with Gasteiger partial charge in [0.15, 0.2) is 0 Å². The highest BCUT2D eigenvalue weighted by molar-refractivity contribution is 5.89. The van der Waals surface area contributed by atoms with Gasteiger partial charge in [-0.25, -0.2) is 0 Å². The normalized spacial score (nSPS) is 12.1. The Kier molecular flexibility index (Phi) is 8.24. The Labute approximate surface area is 169 Å². The monoisotopic (exact) mass is 380 g/mol. The summed E-state index contributed by atoms with van der Waals surface area (Å²) in [7, 11) is 0. The van der Waals surface area contributed by atoms with Crippen molar-refractivity contribution in [1.82, 2.24) is 10.2 Å². The van der Waals surface area contributed by atoms with Gasteiger partial charge in [0.2, 0.25) is 11.8 Å². The van der Waals surface area contributed by atoms with Gasteiger partial charge in [0, 0.05) is 19.0 Å². The first-order valence-corrected chi connectivity index (χ1v) is 10.1. The van der Waals surface area contributed by atoms with Crippen molar-refractivity contribution in [1.29, 1.82) is 0 Å². The van der Waals surface area contributed by atoms with Crippen LogP contribution in [-0.2, 0) is 16.1 Å². The third-order valence-corrected chi connectivity index (χ3v) is 4.67. The zero-order valence-electron chi connectivity index (χ0n) is 17.4. The number of hydrogen-bond acceptors (Lipinski definition) is 2. The maximum Gasteiger partial charge on any atom is 0.247 e. The summed E-state index contributed by atoms with van der Waals surface area (Å²) in [6.07, 6.45) is 0.907. The third kappa shape index (κ3) is 6.22. The summed E-state index contributed by atoms with van der Waals surface area (Å²) in [5.74, 6) is 0.153. The fourth-order valence-corrected chi connectivity index (χ4v) is 3.10. The Morgan fingerprint density at radius 3 is 2.00 bits per heavy atom. The van der Waals surface area contributed by atoms with Gasteiger partial charge >= 0.3 is 0 Å². The summed E-state index contributed by atoms with van der Waals surface area (Å²) in [6.45, 7) is 9.01. The highest BCUT2D eigenvalue weighted by Gasteiger charge is 2.32. The molecular weight excluding hydrogens is 348 g/mol. The van der Waals surface area contributed by atoms with Crippen LogP contribution in [0.25, 0.3) is 0 Å². The van der Waals surface area contributed by atoms with Crippen LogP contribution in [0.15, 0.2) is 60.7 Å². The van der Waals surface area contributed by atoms with Gasteiger partial charge in [-0.3, -0.25) is 9.59 Å². The van der Waals surface area contributed by atoms with Crippen molar-refractivity contribution in [3.8, 4) is 0 Å². The molecule has 0 aliphatic carbocycles. The van der Waals surface area contributed by atoms with Gasteiger partial charge < -0.3 is 10.2 Å². The van der Waals surface area contributed by atoms with E-state index in [0.717, 1.165) is 17.5 Å². The van der Waals surface area contributed by atoms with Crippen LogP contribution in [0.5, 0.6) is 0 Å². The van der Waals surface area contributed by atoms with E-state index in [9.17, 15) is 9.59 Å². The lowest BCUT2D eigenvalue weighted by Gasteiger charge is -2.33. The lowest BCUT2D eigenvalue weighted by Crippen LogP contribution is -2.45. The van der Waals surface area contributed by atoms with Crippen molar-refractivity contribution in [3.05, 3.63) is 71.8 Å². The van der Waals surface area contributed by atoms with E-state index in [2.05, 4.69) is 19.2 Å². The molecule has 0 aliphatic heterocycles. The summed E-state index contributed by atoms with van der Waals surface area (Å²) in [4.78, 5) is 28.0. The van der Waals surface area contributed by atoms with E-state index in [0.29, 0.717) is 19.0 Å². The minimum atomic E-state index is -0.650. The number of nitrogens with one attached hydrogen (secondary N) is 1. The molecule has 2 amide bonds. The van der Waals surface area contributed by atoms with Gasteiger partial charge in [-0.2, -0.15) is 0 Å². The SMILES string of the molecule is CC(C)CCNC(=O)[C@@H](c1ccccc1)N(Cc1ccccc1)C(=O)C(C)C. The average molecular weight is 381 g/mol. The Morgan fingerprint density at radius 2 is 1.46 bits per heavy atom. The van der Waals surface area contributed by atoms with Crippen LogP contribution in [0.3, 0.4) is 0 Å². The fourth-order valence-electron chi connectivity index (χ4n) is 3.10. The summed E-state index contributed by atoms with van der Waals surface area (Å²) < 4.78 is 0. The van der Waals surface area contributed by atoms with Crippen molar-refractivity contribution < 1.29 is 9.59 Å². The first-order chi connectivity index (χ1) is 13.4. The molecule has 150 valence electrons. The van der Waals surface area contributed by atoms with Crippen LogP contribution >= 0.6 is 0 Å². The molecule has 0 saturated carbocycles. The predicted molar refractivity (Wildman–Crippen MR) is 113 cm³/mol. The summed E-state index contributed by atoms with van der Waals surface area (Å²) in [5, 5.41) is 3.04. The molecule has 0 aromatic heterocycles. The van der Waals surface area contributed by atoms with Gasteiger partial charge in [0.25, 0.3) is 0 Å². The van der Waals surface area contributed by atoms with E-state index in [1.165, 1.54) is 0 Å². The second-order valence-corrected chi connectivity index (χ2v) is 7.89. The smallest absolute Gasteiger partial charge is 0.247 e. The zero-order valence-corrected chi connectivity index (χ0v) is 17.4. The molecule has 0 saturated heterocycles. The minimum absolute atomic E-state index is 0.0308. The molecule has 2 aromatic carbocycles. The van der Waals surface area contributed by atoms with Gasteiger partial charge in [-0.1, -0.05) is 88.4 Å². The van der Waals surface area contributed by atoms with E-state index < -0.39 is 6.04 Å². The number of rotatable bonds is 9. The van der Waals surface area contributed by atoms with Crippen molar-refractivity contribution in [2.75, 3.05) is 6.54 Å². The molecule has 0 unspecified atom stereocenters. The molecule has 28 heavy (non-hydrogen) atoms. The molecule has 0 radical (unpaired) electrons. The molecule has 0 spiro atoms. The molecule has 0 bridgehead atoms. The summed E-state index contributed by atoms with van der Waals surface area (Å²) in [5.41, 5.74) is 1.84. The molecule has 4 heteroatoms. The van der Waals surface area contributed by atoms with Crippen molar-refractivity contribution in [3.63, 3.8) is 0 Å². The molecule has 2 aromatic rings. The number of carbonyl (C=O) groups excluding carboxylic acids is 2. The topological polar surface area (TPSA) is 49.4 Å². The van der Waals surface area contributed by atoms with Gasteiger partial charge in [0.1, 0.15) is 6.04 Å². The number of benzene rings is 2. The second kappa shape index (κ2) is 10.6. The molecule has 1 atom stereocenters. The highest BCUT2D eigenvalue weighted by Crippen LogP contribution is 2.25. The lowest BCUT2D eigenvalue weighted by atomic mass is 10.0. The quantitative estimate of drug-likeness (QED) is 0.692. The lowest BCUT2D eigenvalue weighted by molar-refractivity contribution is -0.144. The maximum absolute atomic E-state index is 13.2. The van der Waals surface area contributed by atoms with Gasteiger partial charge in [-0.05, 0) is 23.5 Å². The van der Waals surface area contributed by atoms with E-state index >= 15 is 0 Å².